The van der Waals surface area contributed by atoms with Gasteiger partial charge in [-0.2, -0.15) is 5.26 Å². The van der Waals surface area contributed by atoms with E-state index in [1.165, 1.54) is 10.9 Å². The van der Waals surface area contributed by atoms with Crippen molar-refractivity contribution in [2.24, 2.45) is 7.05 Å². The molecule has 0 aliphatic carbocycles. The maximum atomic E-state index is 10.7. The minimum Gasteiger partial charge on any atom is -0.351 e. The number of hydrogen-bond acceptors (Lipinski definition) is 5. The highest BCUT2D eigenvalue weighted by atomic mass is 16.6. The molecule has 0 saturated heterocycles. The molecular formula is C8H11N5O2. The zero-order chi connectivity index (χ0) is 11.4. The Morgan fingerprint density at radius 3 is 3.00 bits per heavy atom. The summed E-state index contributed by atoms with van der Waals surface area (Å²) >= 11 is 0. The van der Waals surface area contributed by atoms with Crippen LogP contribution >= 0.6 is 0 Å². The van der Waals surface area contributed by atoms with Crippen LogP contribution in [0, 0.1) is 21.4 Å². The van der Waals surface area contributed by atoms with E-state index in [1.54, 1.807) is 19.0 Å². The fourth-order valence-electron chi connectivity index (χ4n) is 1.19. The van der Waals surface area contributed by atoms with E-state index in [-0.39, 0.29) is 11.5 Å². The van der Waals surface area contributed by atoms with Gasteiger partial charge in [-0.15, -0.1) is 5.10 Å². The van der Waals surface area contributed by atoms with Crippen LogP contribution in [0.2, 0.25) is 0 Å². The predicted molar refractivity (Wildman–Crippen MR) is 53.4 cm³/mol. The molecule has 15 heavy (non-hydrogen) atoms. The fraction of sp³-hybridized carbons (Fsp3) is 0.500. The van der Waals surface area contributed by atoms with Gasteiger partial charge in [0.05, 0.1) is 17.4 Å². The van der Waals surface area contributed by atoms with Gasteiger partial charge in [-0.25, -0.2) is 0 Å². The summed E-state index contributed by atoms with van der Waals surface area (Å²) in [6.07, 6.45) is 1.66. The van der Waals surface area contributed by atoms with Gasteiger partial charge in [0.15, 0.2) is 0 Å². The number of aromatic nitrogens is 2. The van der Waals surface area contributed by atoms with E-state index in [2.05, 4.69) is 5.10 Å². The number of aryl methyl sites for hydroxylation is 1. The topological polar surface area (TPSA) is 88.0 Å². The molecule has 0 N–H and O–H groups in total. The third-order valence-corrected chi connectivity index (χ3v) is 1.91. The molecule has 1 rings (SSSR count). The fourth-order valence-corrected chi connectivity index (χ4v) is 1.19. The van der Waals surface area contributed by atoms with Crippen molar-refractivity contribution in [1.29, 1.82) is 5.26 Å². The molecule has 7 nitrogen and oxygen atoms in total. The first kappa shape index (κ1) is 11.0. The second-order valence-electron chi connectivity index (χ2n) is 3.10. The summed E-state index contributed by atoms with van der Waals surface area (Å²) in [5, 5.41) is 23.1. The summed E-state index contributed by atoms with van der Waals surface area (Å²) in [6, 6.07) is 1.98. The average molecular weight is 209 g/mol. The second kappa shape index (κ2) is 4.41. The number of nitro groups is 1. The largest absolute Gasteiger partial charge is 0.351 e. The van der Waals surface area contributed by atoms with E-state index in [1.807, 2.05) is 6.07 Å². The van der Waals surface area contributed by atoms with Gasteiger partial charge < -0.3 is 4.90 Å². The number of nitrogens with zero attached hydrogens (tertiary/aromatic N) is 5. The minimum atomic E-state index is -0.481. The molecule has 0 bridgehead atoms. The standard InChI is InChI=1S/C8H11N5O2/c1-11(5-3-4-9)8-7(13(14)15)6-12(2)10-8/h6H,3,5H2,1-2H3. The van der Waals surface area contributed by atoms with Gasteiger partial charge in [-0.1, -0.05) is 0 Å². The molecule has 0 aliphatic rings. The quantitative estimate of drug-likeness (QED) is 0.537. The summed E-state index contributed by atoms with van der Waals surface area (Å²) in [5.41, 5.74) is -0.0436. The molecule has 1 heterocycles. The molecule has 0 aliphatic heterocycles. The zero-order valence-electron chi connectivity index (χ0n) is 8.54. The molecule has 7 heteroatoms. The summed E-state index contributed by atoms with van der Waals surface area (Å²) in [4.78, 5) is 11.8. The van der Waals surface area contributed by atoms with Crippen molar-refractivity contribution >= 4 is 11.5 Å². The molecule has 0 atom stereocenters. The Bertz CT molecular complexity index is 406. The lowest BCUT2D eigenvalue weighted by Crippen LogP contribution is -2.19. The molecule has 0 saturated carbocycles. The van der Waals surface area contributed by atoms with Crippen molar-refractivity contribution in [3.05, 3.63) is 16.3 Å². The lowest BCUT2D eigenvalue weighted by molar-refractivity contribution is -0.384. The molecule has 0 aromatic carbocycles. The number of anilines is 1. The van der Waals surface area contributed by atoms with Crippen LogP contribution < -0.4 is 4.90 Å². The van der Waals surface area contributed by atoms with Crippen LogP contribution in [-0.4, -0.2) is 28.3 Å². The van der Waals surface area contributed by atoms with Crippen LogP contribution in [0.3, 0.4) is 0 Å². The molecule has 0 radical (unpaired) electrons. The SMILES string of the molecule is CN(CCC#N)c1nn(C)cc1[N+](=O)[O-]. The Hall–Kier alpha value is -2.10. The first-order valence-electron chi connectivity index (χ1n) is 4.32. The van der Waals surface area contributed by atoms with E-state index < -0.39 is 4.92 Å². The first-order valence-corrected chi connectivity index (χ1v) is 4.32. The van der Waals surface area contributed by atoms with Crippen LogP contribution in [0.1, 0.15) is 6.42 Å². The van der Waals surface area contributed by atoms with Crippen molar-refractivity contribution in [3.8, 4) is 6.07 Å². The van der Waals surface area contributed by atoms with E-state index in [4.69, 9.17) is 5.26 Å². The van der Waals surface area contributed by atoms with Crippen LogP contribution in [0.4, 0.5) is 11.5 Å². The van der Waals surface area contributed by atoms with Crippen LogP contribution in [0.5, 0.6) is 0 Å². The van der Waals surface area contributed by atoms with E-state index in [0.717, 1.165) is 0 Å². The Labute approximate surface area is 86.7 Å². The minimum absolute atomic E-state index is 0.0436. The molecule has 0 fully saturated rings. The zero-order valence-corrected chi connectivity index (χ0v) is 8.54. The normalized spacial score (nSPS) is 9.67. The molecule has 0 amide bonds. The average Bonchev–Trinajstić information content (AvgIpc) is 2.57. The molecule has 0 unspecified atom stereocenters. The van der Waals surface area contributed by atoms with E-state index in [0.29, 0.717) is 13.0 Å². The van der Waals surface area contributed by atoms with Gasteiger partial charge in [0.2, 0.25) is 5.82 Å². The first-order chi connectivity index (χ1) is 7.06. The maximum Gasteiger partial charge on any atom is 0.330 e. The third kappa shape index (κ3) is 2.43. The van der Waals surface area contributed by atoms with Crippen molar-refractivity contribution < 1.29 is 4.92 Å². The summed E-state index contributed by atoms with van der Waals surface area (Å²) in [7, 11) is 3.29. The highest BCUT2D eigenvalue weighted by molar-refractivity contribution is 5.56. The monoisotopic (exact) mass is 209 g/mol. The van der Waals surface area contributed by atoms with Crippen LogP contribution in [0.25, 0.3) is 0 Å². The number of nitriles is 1. The maximum absolute atomic E-state index is 10.7. The lowest BCUT2D eigenvalue weighted by atomic mass is 10.4. The van der Waals surface area contributed by atoms with Gasteiger partial charge in [-0.05, 0) is 0 Å². The summed E-state index contributed by atoms with van der Waals surface area (Å²) < 4.78 is 1.39. The van der Waals surface area contributed by atoms with Gasteiger partial charge >= 0.3 is 5.69 Å². The van der Waals surface area contributed by atoms with Crippen molar-refractivity contribution in [1.82, 2.24) is 9.78 Å². The van der Waals surface area contributed by atoms with Crippen LogP contribution in [0.15, 0.2) is 6.20 Å². The van der Waals surface area contributed by atoms with E-state index in [9.17, 15) is 10.1 Å². The van der Waals surface area contributed by atoms with Crippen molar-refractivity contribution in [3.63, 3.8) is 0 Å². The third-order valence-electron chi connectivity index (χ3n) is 1.91. The Kier molecular flexibility index (Phi) is 3.23. The second-order valence-corrected chi connectivity index (χ2v) is 3.10. The van der Waals surface area contributed by atoms with E-state index >= 15 is 0 Å². The molecule has 0 spiro atoms. The Morgan fingerprint density at radius 1 is 1.80 bits per heavy atom. The molecule has 1 aromatic rings. The number of hydrogen-bond donors (Lipinski definition) is 0. The predicted octanol–water partition coefficient (Wildman–Crippen LogP) is 0.678. The van der Waals surface area contributed by atoms with Gasteiger partial charge in [0.25, 0.3) is 0 Å². The Balaban J connectivity index is 2.92. The number of rotatable bonds is 4. The smallest absolute Gasteiger partial charge is 0.330 e. The molecular weight excluding hydrogens is 198 g/mol. The van der Waals surface area contributed by atoms with Gasteiger partial charge in [0.1, 0.15) is 6.20 Å². The highest BCUT2D eigenvalue weighted by Crippen LogP contribution is 2.24. The van der Waals surface area contributed by atoms with Gasteiger partial charge in [0, 0.05) is 20.6 Å². The highest BCUT2D eigenvalue weighted by Gasteiger charge is 2.21. The summed E-state index contributed by atoms with van der Waals surface area (Å²) in [6.45, 7) is 0.425. The van der Waals surface area contributed by atoms with Crippen molar-refractivity contribution in [2.75, 3.05) is 18.5 Å². The van der Waals surface area contributed by atoms with Gasteiger partial charge in [-0.3, -0.25) is 14.8 Å². The molecule has 80 valence electrons. The lowest BCUT2D eigenvalue weighted by Gasteiger charge is -2.12. The van der Waals surface area contributed by atoms with Crippen LogP contribution in [-0.2, 0) is 7.05 Å². The molecule has 1 aromatic heterocycles. The van der Waals surface area contributed by atoms with Crippen molar-refractivity contribution in [2.45, 2.75) is 6.42 Å². The summed E-state index contributed by atoms with van der Waals surface area (Å²) in [5.74, 6) is 0.290. The Morgan fingerprint density at radius 2 is 2.47 bits per heavy atom.